The van der Waals surface area contributed by atoms with Crippen LogP contribution in [0.5, 0.6) is 0 Å². The Morgan fingerprint density at radius 1 is 1.20 bits per heavy atom. The topological polar surface area (TPSA) is 84.1 Å². The molecule has 0 bridgehead atoms. The summed E-state index contributed by atoms with van der Waals surface area (Å²) in [6, 6.07) is 6.46. The predicted octanol–water partition coefficient (Wildman–Crippen LogP) is 3.74. The summed E-state index contributed by atoms with van der Waals surface area (Å²) in [5.74, 6) is 0.608. The fourth-order valence-electron chi connectivity index (χ4n) is 5.45. The Morgan fingerprint density at radius 3 is 2.57 bits per heavy atom. The number of fused-ring (bicyclic) bond motifs is 1. The number of primary amides is 1. The molecule has 1 amide bonds. The molecule has 30 heavy (non-hydrogen) atoms. The van der Waals surface area contributed by atoms with Crippen molar-refractivity contribution in [2.75, 3.05) is 19.6 Å². The summed E-state index contributed by atoms with van der Waals surface area (Å²) in [5, 5.41) is 0. The van der Waals surface area contributed by atoms with Crippen LogP contribution in [0.3, 0.4) is 0 Å². The minimum atomic E-state index is -0.280. The zero-order valence-corrected chi connectivity index (χ0v) is 18.5. The van der Waals surface area contributed by atoms with E-state index >= 15 is 0 Å². The smallest absolute Gasteiger partial charge is 0.326 e. The van der Waals surface area contributed by atoms with Gasteiger partial charge in [0.2, 0.25) is 5.91 Å². The van der Waals surface area contributed by atoms with Crippen LogP contribution in [0.25, 0.3) is 11.0 Å². The molecule has 1 aromatic heterocycles. The molecule has 2 fully saturated rings. The first-order valence-electron chi connectivity index (χ1n) is 11.6. The first-order chi connectivity index (χ1) is 14.4. The van der Waals surface area contributed by atoms with Crippen molar-refractivity contribution in [2.45, 2.75) is 71.3 Å². The molecule has 1 saturated heterocycles. The van der Waals surface area contributed by atoms with Crippen molar-refractivity contribution < 1.29 is 4.79 Å². The lowest BCUT2D eigenvalue weighted by molar-refractivity contribution is -0.129. The molecule has 2 heterocycles. The average Bonchev–Trinajstić information content (AvgIpc) is 3.05. The van der Waals surface area contributed by atoms with Gasteiger partial charge in [0.15, 0.2) is 0 Å². The molecule has 4 rings (SSSR count). The quantitative estimate of drug-likeness (QED) is 0.758. The Labute approximate surface area is 178 Å². The number of H-pyrrole nitrogens is 1. The largest absolute Gasteiger partial charge is 0.369 e. The number of aromatic nitrogens is 2. The monoisotopic (exact) mass is 412 g/mol. The number of imidazole rings is 1. The average molecular weight is 413 g/mol. The van der Waals surface area contributed by atoms with Gasteiger partial charge in [-0.25, -0.2) is 4.79 Å². The van der Waals surface area contributed by atoms with Gasteiger partial charge in [-0.05, 0) is 88.4 Å². The molecule has 2 aromatic rings. The number of nitrogens with one attached hydrogen (secondary N) is 1. The highest BCUT2D eigenvalue weighted by Crippen LogP contribution is 2.40. The number of carbonyl (C=O) groups excluding carboxylic acids is 1. The Bertz CT molecular complexity index is 944. The lowest BCUT2D eigenvalue weighted by atomic mass is 9.70. The van der Waals surface area contributed by atoms with Gasteiger partial charge in [0, 0.05) is 24.5 Å². The van der Waals surface area contributed by atoms with E-state index in [0.29, 0.717) is 0 Å². The lowest BCUT2D eigenvalue weighted by Gasteiger charge is -2.35. The molecule has 6 nitrogen and oxygen atoms in total. The number of aryl methyl sites for hydroxylation is 1. The molecule has 6 heteroatoms. The summed E-state index contributed by atoms with van der Waals surface area (Å²) in [4.78, 5) is 29.7. The Morgan fingerprint density at radius 2 is 1.90 bits per heavy atom. The van der Waals surface area contributed by atoms with Crippen molar-refractivity contribution in [2.24, 2.45) is 17.1 Å². The third-order valence-corrected chi connectivity index (χ3v) is 7.69. The van der Waals surface area contributed by atoms with E-state index in [1.807, 2.05) is 23.6 Å². The number of rotatable bonds is 6. The minimum Gasteiger partial charge on any atom is -0.369 e. The van der Waals surface area contributed by atoms with Crippen LogP contribution >= 0.6 is 0 Å². The fraction of sp³-hybridized carbons (Fsp3) is 0.667. The molecule has 0 radical (unpaired) electrons. The molecular weight excluding hydrogens is 376 g/mol. The zero-order chi connectivity index (χ0) is 21.3. The number of aromatic amines is 1. The van der Waals surface area contributed by atoms with Gasteiger partial charge in [-0.15, -0.1) is 0 Å². The molecule has 164 valence electrons. The van der Waals surface area contributed by atoms with Crippen LogP contribution < -0.4 is 11.4 Å². The number of hydrogen-bond acceptors (Lipinski definition) is 3. The van der Waals surface area contributed by atoms with Gasteiger partial charge in [-0.2, -0.15) is 0 Å². The minimum absolute atomic E-state index is 0.0225. The van der Waals surface area contributed by atoms with Gasteiger partial charge in [-0.3, -0.25) is 9.36 Å². The molecule has 1 saturated carbocycles. The van der Waals surface area contributed by atoms with Crippen LogP contribution in [0, 0.1) is 18.3 Å². The fourth-order valence-corrected chi connectivity index (χ4v) is 5.45. The maximum absolute atomic E-state index is 12.5. The molecule has 0 unspecified atom stereocenters. The van der Waals surface area contributed by atoms with Crippen LogP contribution in [-0.4, -0.2) is 40.0 Å². The zero-order valence-electron chi connectivity index (χ0n) is 18.5. The first kappa shape index (κ1) is 21.2. The van der Waals surface area contributed by atoms with Crippen molar-refractivity contribution in [3.8, 4) is 0 Å². The SMILES string of the molecule is Cc1ccc2[nH]c(=O)n(C3CCN(CCCC4CCC(C)(C(N)=O)CC4)CC3)c2c1. The van der Waals surface area contributed by atoms with Crippen molar-refractivity contribution in [1.29, 1.82) is 0 Å². The van der Waals surface area contributed by atoms with Gasteiger partial charge >= 0.3 is 5.69 Å². The summed E-state index contributed by atoms with van der Waals surface area (Å²) in [7, 11) is 0. The Hall–Kier alpha value is -2.08. The number of nitrogens with zero attached hydrogens (tertiary/aromatic N) is 2. The third kappa shape index (κ3) is 4.34. The Kier molecular flexibility index (Phi) is 6.05. The van der Waals surface area contributed by atoms with E-state index in [-0.39, 0.29) is 23.1 Å². The van der Waals surface area contributed by atoms with Gasteiger partial charge in [0.25, 0.3) is 0 Å². The van der Waals surface area contributed by atoms with Gasteiger partial charge in [0.1, 0.15) is 0 Å². The van der Waals surface area contributed by atoms with Crippen molar-refractivity contribution in [3.05, 3.63) is 34.2 Å². The highest BCUT2D eigenvalue weighted by molar-refractivity contribution is 5.80. The maximum atomic E-state index is 12.5. The first-order valence-corrected chi connectivity index (χ1v) is 11.6. The second-order valence-electron chi connectivity index (χ2n) is 9.90. The van der Waals surface area contributed by atoms with E-state index in [0.717, 1.165) is 75.1 Å². The van der Waals surface area contributed by atoms with E-state index in [1.165, 1.54) is 18.4 Å². The van der Waals surface area contributed by atoms with Crippen LogP contribution in [0.2, 0.25) is 0 Å². The van der Waals surface area contributed by atoms with Crippen LogP contribution in [0.1, 0.15) is 69.9 Å². The van der Waals surface area contributed by atoms with E-state index in [1.54, 1.807) is 0 Å². The maximum Gasteiger partial charge on any atom is 0.326 e. The second kappa shape index (κ2) is 8.58. The van der Waals surface area contributed by atoms with Gasteiger partial charge in [-0.1, -0.05) is 13.0 Å². The number of piperidine rings is 1. The summed E-state index contributed by atoms with van der Waals surface area (Å²) in [5.41, 5.74) is 8.48. The number of likely N-dealkylation sites (tertiary alicyclic amines) is 1. The third-order valence-electron chi connectivity index (χ3n) is 7.69. The van der Waals surface area contributed by atoms with E-state index in [9.17, 15) is 9.59 Å². The molecule has 1 aliphatic carbocycles. The molecule has 1 aliphatic heterocycles. The molecule has 2 aliphatic rings. The van der Waals surface area contributed by atoms with Crippen LogP contribution in [0.15, 0.2) is 23.0 Å². The predicted molar refractivity (Wildman–Crippen MR) is 121 cm³/mol. The number of hydrogen-bond donors (Lipinski definition) is 2. The van der Waals surface area contributed by atoms with E-state index in [2.05, 4.69) is 22.9 Å². The molecular formula is C24H36N4O2. The van der Waals surface area contributed by atoms with Crippen molar-refractivity contribution >= 4 is 16.9 Å². The van der Waals surface area contributed by atoms with Crippen molar-refractivity contribution in [1.82, 2.24) is 14.5 Å². The normalized spacial score (nSPS) is 26.3. The molecule has 1 aromatic carbocycles. The number of nitrogens with two attached hydrogens (primary N) is 1. The summed E-state index contributed by atoms with van der Waals surface area (Å²) in [6.45, 7) is 7.35. The van der Waals surface area contributed by atoms with Gasteiger partial charge in [0.05, 0.1) is 11.0 Å². The standard InChI is InChI=1S/C24H36N4O2/c1-17-5-6-20-21(16-17)28(23(30)26-20)19-9-14-27(15-10-19)13-3-4-18-7-11-24(2,12-8-18)22(25)29/h5-6,16,18-19H,3-4,7-15H2,1-2H3,(H2,25,29)(H,26,30). The van der Waals surface area contributed by atoms with E-state index in [4.69, 9.17) is 5.73 Å². The molecule has 3 N–H and O–H groups in total. The number of carbonyl (C=O) groups is 1. The number of benzene rings is 1. The van der Waals surface area contributed by atoms with Crippen LogP contribution in [0.4, 0.5) is 0 Å². The molecule has 0 spiro atoms. The second-order valence-corrected chi connectivity index (χ2v) is 9.90. The van der Waals surface area contributed by atoms with Gasteiger partial charge < -0.3 is 15.6 Å². The molecule has 0 atom stereocenters. The highest BCUT2D eigenvalue weighted by atomic mass is 16.1. The summed E-state index contributed by atoms with van der Waals surface area (Å²) in [6.07, 6.45) is 8.66. The highest BCUT2D eigenvalue weighted by Gasteiger charge is 2.35. The summed E-state index contributed by atoms with van der Waals surface area (Å²) >= 11 is 0. The van der Waals surface area contributed by atoms with E-state index < -0.39 is 0 Å². The summed E-state index contributed by atoms with van der Waals surface area (Å²) < 4.78 is 1.98. The lowest BCUT2D eigenvalue weighted by Crippen LogP contribution is -2.38. The van der Waals surface area contributed by atoms with Crippen molar-refractivity contribution in [3.63, 3.8) is 0 Å². The Balaban J connectivity index is 1.24. The number of amides is 1. The van der Waals surface area contributed by atoms with Crippen LogP contribution in [-0.2, 0) is 4.79 Å².